The van der Waals surface area contributed by atoms with Crippen LogP contribution in [-0.2, 0) is 14.3 Å². The number of urea groups is 1. The zero-order valence-corrected chi connectivity index (χ0v) is 12.2. The van der Waals surface area contributed by atoms with Gasteiger partial charge in [-0.2, -0.15) is 0 Å². The molecule has 112 valence electrons. The quantitative estimate of drug-likeness (QED) is 0.656. The van der Waals surface area contributed by atoms with Crippen LogP contribution in [0.25, 0.3) is 0 Å². The number of hydrogen-bond donors (Lipinski definition) is 2. The number of amides is 3. The molecule has 6 heteroatoms. The third-order valence-corrected chi connectivity index (χ3v) is 2.53. The lowest BCUT2D eigenvalue weighted by Crippen LogP contribution is -2.37. The summed E-state index contributed by atoms with van der Waals surface area (Å²) in [4.78, 5) is 34.1. The Labute approximate surface area is 123 Å². The number of carbonyl (C=O) groups is 3. The van der Waals surface area contributed by atoms with Crippen LogP contribution < -0.4 is 10.6 Å². The summed E-state index contributed by atoms with van der Waals surface area (Å²) in [6, 6.07) is 4.84. The van der Waals surface area contributed by atoms with Gasteiger partial charge in [0.15, 0.2) is 6.61 Å². The van der Waals surface area contributed by atoms with Crippen molar-refractivity contribution in [1.29, 1.82) is 0 Å². The SMILES string of the molecule is C/C=C/C(=O)OCC(=O)NC(=O)Nc1ccc(C)cc1C. The van der Waals surface area contributed by atoms with Crippen LogP contribution in [0.15, 0.2) is 30.4 Å². The lowest BCUT2D eigenvalue weighted by atomic mass is 10.1. The van der Waals surface area contributed by atoms with Crippen LogP contribution in [0.3, 0.4) is 0 Å². The minimum atomic E-state index is -0.699. The highest BCUT2D eigenvalue weighted by Gasteiger charge is 2.10. The third-order valence-electron chi connectivity index (χ3n) is 2.53. The van der Waals surface area contributed by atoms with Gasteiger partial charge in [0, 0.05) is 11.8 Å². The molecule has 0 saturated heterocycles. The van der Waals surface area contributed by atoms with Crippen LogP contribution in [0.1, 0.15) is 18.1 Å². The van der Waals surface area contributed by atoms with Crippen molar-refractivity contribution in [2.24, 2.45) is 0 Å². The number of allylic oxidation sites excluding steroid dienone is 1. The Hall–Kier alpha value is -2.63. The van der Waals surface area contributed by atoms with Crippen LogP contribution in [0.5, 0.6) is 0 Å². The summed E-state index contributed by atoms with van der Waals surface area (Å²) in [6.45, 7) is 4.94. The van der Waals surface area contributed by atoms with Crippen molar-refractivity contribution in [2.45, 2.75) is 20.8 Å². The summed E-state index contributed by atoms with van der Waals surface area (Å²) in [5.74, 6) is -1.34. The van der Waals surface area contributed by atoms with Crippen LogP contribution in [0.4, 0.5) is 10.5 Å². The predicted octanol–water partition coefficient (Wildman–Crippen LogP) is 2.07. The Kier molecular flexibility index (Phi) is 6.13. The second kappa shape index (κ2) is 7.84. The third kappa shape index (κ3) is 5.90. The first-order chi connectivity index (χ1) is 9.92. The second-order valence-corrected chi connectivity index (χ2v) is 4.43. The van der Waals surface area contributed by atoms with E-state index in [2.05, 4.69) is 15.4 Å². The van der Waals surface area contributed by atoms with Gasteiger partial charge in [0.05, 0.1) is 0 Å². The number of hydrogen-bond acceptors (Lipinski definition) is 4. The molecule has 1 aromatic carbocycles. The fourth-order valence-electron chi connectivity index (χ4n) is 1.59. The molecule has 21 heavy (non-hydrogen) atoms. The van der Waals surface area contributed by atoms with Gasteiger partial charge in [0.1, 0.15) is 0 Å². The molecule has 0 unspecified atom stereocenters. The molecule has 2 N–H and O–H groups in total. The van der Waals surface area contributed by atoms with Gasteiger partial charge in [-0.1, -0.05) is 23.8 Å². The van der Waals surface area contributed by atoms with Crippen molar-refractivity contribution in [3.8, 4) is 0 Å². The zero-order chi connectivity index (χ0) is 15.8. The number of aryl methyl sites for hydroxylation is 2. The monoisotopic (exact) mass is 290 g/mol. The summed E-state index contributed by atoms with van der Waals surface area (Å²) in [5, 5.41) is 4.63. The van der Waals surface area contributed by atoms with Crippen molar-refractivity contribution in [3.63, 3.8) is 0 Å². The summed E-state index contributed by atoms with van der Waals surface area (Å²) >= 11 is 0. The molecule has 0 spiro atoms. The molecule has 0 saturated carbocycles. The first-order valence-electron chi connectivity index (χ1n) is 6.40. The van der Waals surface area contributed by atoms with E-state index in [4.69, 9.17) is 0 Å². The molecule has 0 aliphatic carbocycles. The summed E-state index contributed by atoms with van der Waals surface area (Å²) in [5.41, 5.74) is 2.57. The fourth-order valence-corrected chi connectivity index (χ4v) is 1.59. The Morgan fingerprint density at radius 2 is 1.95 bits per heavy atom. The second-order valence-electron chi connectivity index (χ2n) is 4.43. The molecule has 0 fully saturated rings. The van der Waals surface area contributed by atoms with E-state index >= 15 is 0 Å². The lowest BCUT2D eigenvalue weighted by Gasteiger charge is -2.09. The maximum absolute atomic E-state index is 11.6. The highest BCUT2D eigenvalue weighted by Crippen LogP contribution is 2.15. The van der Waals surface area contributed by atoms with Gasteiger partial charge in [-0.25, -0.2) is 9.59 Å². The summed E-state index contributed by atoms with van der Waals surface area (Å²) < 4.78 is 4.62. The Balaban J connectivity index is 2.46. The van der Waals surface area contributed by atoms with Crippen LogP contribution in [-0.4, -0.2) is 24.5 Å². The van der Waals surface area contributed by atoms with Gasteiger partial charge in [-0.3, -0.25) is 10.1 Å². The molecule has 6 nitrogen and oxygen atoms in total. The van der Waals surface area contributed by atoms with Crippen LogP contribution in [0.2, 0.25) is 0 Å². The summed E-state index contributed by atoms with van der Waals surface area (Å²) in [7, 11) is 0. The smallest absolute Gasteiger partial charge is 0.330 e. The van der Waals surface area contributed by atoms with Gasteiger partial charge < -0.3 is 10.1 Å². The maximum Gasteiger partial charge on any atom is 0.330 e. The number of benzene rings is 1. The number of rotatable bonds is 4. The number of ether oxygens (including phenoxy) is 1. The van der Waals surface area contributed by atoms with Gasteiger partial charge in [0.25, 0.3) is 5.91 Å². The number of esters is 1. The van der Waals surface area contributed by atoms with Crippen molar-refractivity contribution in [1.82, 2.24) is 5.32 Å². The van der Waals surface area contributed by atoms with E-state index in [0.29, 0.717) is 5.69 Å². The Morgan fingerprint density at radius 1 is 1.24 bits per heavy atom. The van der Waals surface area contributed by atoms with Crippen LogP contribution in [0, 0.1) is 13.8 Å². The van der Waals surface area contributed by atoms with Crippen molar-refractivity contribution in [2.75, 3.05) is 11.9 Å². The van der Waals surface area contributed by atoms with Crippen molar-refractivity contribution >= 4 is 23.6 Å². The van der Waals surface area contributed by atoms with E-state index < -0.39 is 24.5 Å². The van der Waals surface area contributed by atoms with Crippen molar-refractivity contribution in [3.05, 3.63) is 41.5 Å². The average Bonchev–Trinajstić information content (AvgIpc) is 2.40. The molecule has 0 radical (unpaired) electrons. The van der Waals surface area contributed by atoms with Crippen molar-refractivity contribution < 1.29 is 19.1 Å². The topological polar surface area (TPSA) is 84.5 Å². The molecule has 0 heterocycles. The molecule has 0 aliphatic rings. The van der Waals surface area contributed by atoms with E-state index in [0.717, 1.165) is 11.1 Å². The first kappa shape index (κ1) is 16.4. The van der Waals surface area contributed by atoms with Gasteiger partial charge >= 0.3 is 12.0 Å². The maximum atomic E-state index is 11.6. The predicted molar refractivity (Wildman–Crippen MR) is 78.9 cm³/mol. The number of imide groups is 1. The van der Waals surface area contributed by atoms with E-state index in [1.165, 1.54) is 12.2 Å². The van der Waals surface area contributed by atoms with E-state index in [1.54, 1.807) is 13.0 Å². The van der Waals surface area contributed by atoms with Crippen LogP contribution >= 0.6 is 0 Å². The normalized spacial score (nSPS) is 10.2. The molecule has 0 bridgehead atoms. The fraction of sp³-hybridized carbons (Fsp3) is 0.267. The van der Waals surface area contributed by atoms with Gasteiger partial charge in [-0.05, 0) is 32.4 Å². The molecule has 1 aromatic rings. The minimum absolute atomic E-state index is 0.510. The Morgan fingerprint density at radius 3 is 2.57 bits per heavy atom. The summed E-state index contributed by atoms with van der Waals surface area (Å²) in [6.07, 6.45) is 2.68. The molecular formula is C15H18N2O4. The molecule has 0 aliphatic heterocycles. The Bertz CT molecular complexity index is 579. The molecule has 0 aromatic heterocycles. The number of nitrogens with one attached hydrogen (secondary N) is 2. The highest BCUT2D eigenvalue weighted by atomic mass is 16.5. The van der Waals surface area contributed by atoms with E-state index in [1.807, 2.05) is 26.0 Å². The van der Waals surface area contributed by atoms with Gasteiger partial charge in [0.2, 0.25) is 0 Å². The standard InChI is InChI=1S/C15H18N2O4/c1-4-5-14(19)21-9-13(18)17-15(20)16-12-7-6-10(2)8-11(12)3/h4-8H,9H2,1-3H3,(H2,16,17,18,20)/b5-4+. The molecule has 3 amide bonds. The lowest BCUT2D eigenvalue weighted by molar-refractivity contribution is -0.143. The number of carbonyl (C=O) groups excluding carboxylic acids is 3. The largest absolute Gasteiger partial charge is 0.452 e. The molecule has 0 atom stereocenters. The van der Waals surface area contributed by atoms with E-state index in [-0.39, 0.29) is 0 Å². The van der Waals surface area contributed by atoms with E-state index in [9.17, 15) is 14.4 Å². The first-order valence-corrected chi connectivity index (χ1v) is 6.40. The highest BCUT2D eigenvalue weighted by molar-refractivity contribution is 6.02. The minimum Gasteiger partial charge on any atom is -0.452 e. The molecular weight excluding hydrogens is 272 g/mol. The number of anilines is 1. The molecule has 1 rings (SSSR count). The average molecular weight is 290 g/mol. The zero-order valence-electron chi connectivity index (χ0n) is 12.2. The van der Waals surface area contributed by atoms with Gasteiger partial charge in [-0.15, -0.1) is 0 Å².